The Morgan fingerprint density at radius 3 is 2.96 bits per heavy atom. The number of aliphatic imine (C=N–C) groups is 1. The molecule has 0 saturated heterocycles. The molecule has 3 rings (SSSR count). The van der Waals surface area contributed by atoms with Gasteiger partial charge in [0.05, 0.1) is 17.9 Å². The van der Waals surface area contributed by atoms with Gasteiger partial charge in [-0.15, -0.1) is 0 Å². The fraction of sp³-hybridized carbons (Fsp3) is 0.176. The number of rotatable bonds is 5. The maximum atomic E-state index is 5.97. The van der Waals surface area contributed by atoms with E-state index in [1.54, 1.807) is 25.7 Å². The fourth-order valence-electron chi connectivity index (χ4n) is 2.46. The number of fused-ring (bicyclic) bond motifs is 1. The van der Waals surface area contributed by atoms with E-state index in [4.69, 9.17) is 11.5 Å². The van der Waals surface area contributed by atoms with Gasteiger partial charge in [-0.05, 0) is 18.6 Å². The summed E-state index contributed by atoms with van der Waals surface area (Å²) in [6.07, 6.45) is 10.3. The van der Waals surface area contributed by atoms with Crippen molar-refractivity contribution >= 4 is 29.1 Å². The van der Waals surface area contributed by atoms with Gasteiger partial charge in [-0.2, -0.15) is 0 Å². The van der Waals surface area contributed by atoms with Crippen molar-refractivity contribution in [3.63, 3.8) is 0 Å². The molecule has 0 aliphatic heterocycles. The maximum Gasteiger partial charge on any atom is 0.170 e. The van der Waals surface area contributed by atoms with E-state index in [0.717, 1.165) is 11.2 Å². The summed E-state index contributed by atoms with van der Waals surface area (Å²) in [6.45, 7) is 2.03. The molecule has 3 heterocycles. The minimum atomic E-state index is -0.0243. The highest BCUT2D eigenvalue weighted by Crippen LogP contribution is 2.23. The molecule has 0 fully saturated rings. The summed E-state index contributed by atoms with van der Waals surface area (Å²) in [6, 6.07) is 3.96. The first-order chi connectivity index (χ1) is 12.1. The number of imidazole rings is 1. The molecule has 0 saturated carbocycles. The third kappa shape index (κ3) is 3.42. The van der Waals surface area contributed by atoms with Crippen LogP contribution in [0.1, 0.15) is 24.2 Å². The smallest absolute Gasteiger partial charge is 0.170 e. The number of nitrogens with one attached hydrogen (secondary N) is 1. The Morgan fingerprint density at radius 1 is 1.36 bits per heavy atom. The predicted molar refractivity (Wildman–Crippen MR) is 100 cm³/mol. The number of hydrogen-bond acceptors (Lipinski definition) is 7. The van der Waals surface area contributed by atoms with Crippen molar-refractivity contribution in [2.24, 2.45) is 10.7 Å². The van der Waals surface area contributed by atoms with E-state index in [1.807, 2.05) is 35.9 Å². The van der Waals surface area contributed by atoms with E-state index in [-0.39, 0.29) is 6.04 Å². The quantitative estimate of drug-likeness (QED) is 0.612. The van der Waals surface area contributed by atoms with Crippen LogP contribution in [-0.2, 0) is 0 Å². The Hall–Kier alpha value is -3.42. The second-order valence-corrected chi connectivity index (χ2v) is 5.52. The molecule has 0 spiro atoms. The zero-order chi connectivity index (χ0) is 17.8. The van der Waals surface area contributed by atoms with Gasteiger partial charge in [-0.1, -0.05) is 6.07 Å². The van der Waals surface area contributed by atoms with Gasteiger partial charge in [0.1, 0.15) is 5.65 Å². The van der Waals surface area contributed by atoms with E-state index in [0.29, 0.717) is 22.9 Å². The fourth-order valence-corrected chi connectivity index (χ4v) is 2.46. The minimum Gasteiger partial charge on any atom is -0.404 e. The van der Waals surface area contributed by atoms with Crippen molar-refractivity contribution in [3.05, 3.63) is 54.4 Å². The molecular formula is C17H20N8. The number of nitrogen functional groups attached to an aromatic ring is 1. The van der Waals surface area contributed by atoms with Crippen LogP contribution in [0.4, 0.5) is 11.6 Å². The molecule has 8 nitrogen and oxygen atoms in total. The van der Waals surface area contributed by atoms with Crippen molar-refractivity contribution in [2.45, 2.75) is 13.0 Å². The third-order valence-corrected chi connectivity index (χ3v) is 3.81. The minimum absolute atomic E-state index is 0.0243. The summed E-state index contributed by atoms with van der Waals surface area (Å²) in [5.74, 6) is 0.823. The highest BCUT2D eigenvalue weighted by atomic mass is 15.1. The lowest BCUT2D eigenvalue weighted by molar-refractivity contribution is 0.859. The average Bonchev–Trinajstić information content (AvgIpc) is 3.09. The molecular weight excluding hydrogens is 316 g/mol. The maximum absolute atomic E-state index is 5.97. The molecule has 0 aliphatic carbocycles. The molecule has 1 atom stereocenters. The Labute approximate surface area is 145 Å². The largest absolute Gasteiger partial charge is 0.404 e. The molecule has 5 N–H and O–H groups in total. The van der Waals surface area contributed by atoms with Gasteiger partial charge >= 0.3 is 0 Å². The van der Waals surface area contributed by atoms with Crippen LogP contribution < -0.4 is 16.8 Å². The Balaban J connectivity index is 1.88. The third-order valence-electron chi connectivity index (χ3n) is 3.81. The van der Waals surface area contributed by atoms with Gasteiger partial charge in [-0.3, -0.25) is 4.99 Å². The number of nitrogens with zero attached hydrogens (tertiary/aromatic N) is 5. The number of anilines is 2. The molecule has 25 heavy (non-hydrogen) atoms. The van der Waals surface area contributed by atoms with Crippen molar-refractivity contribution < 1.29 is 0 Å². The summed E-state index contributed by atoms with van der Waals surface area (Å²) in [7, 11) is 1.67. The van der Waals surface area contributed by atoms with Crippen molar-refractivity contribution in [1.29, 1.82) is 0 Å². The summed E-state index contributed by atoms with van der Waals surface area (Å²) in [5.41, 5.74) is 14.8. The van der Waals surface area contributed by atoms with Crippen molar-refractivity contribution in [2.75, 3.05) is 18.1 Å². The van der Waals surface area contributed by atoms with Crippen LogP contribution in [-0.4, -0.2) is 32.6 Å². The molecule has 0 amide bonds. The molecule has 0 radical (unpaired) electrons. The second kappa shape index (κ2) is 7.00. The van der Waals surface area contributed by atoms with Crippen LogP contribution in [0.2, 0.25) is 0 Å². The highest BCUT2D eigenvalue weighted by molar-refractivity contribution is 6.08. The SMILES string of the molecule is CN=CC(=CN)c1cnc(N)c(NC(C)c2ccc3nccn3c2)n1. The van der Waals surface area contributed by atoms with Gasteiger partial charge in [0.2, 0.25) is 0 Å². The van der Waals surface area contributed by atoms with E-state index in [9.17, 15) is 0 Å². The van der Waals surface area contributed by atoms with Gasteiger partial charge in [-0.25, -0.2) is 15.0 Å². The Morgan fingerprint density at radius 2 is 2.20 bits per heavy atom. The number of allylic oxidation sites excluding steroid dienone is 1. The van der Waals surface area contributed by atoms with E-state index < -0.39 is 0 Å². The Bertz CT molecular complexity index is 941. The molecule has 0 bridgehead atoms. The molecule has 0 aromatic carbocycles. The average molecular weight is 336 g/mol. The van der Waals surface area contributed by atoms with E-state index in [2.05, 4.69) is 25.3 Å². The van der Waals surface area contributed by atoms with Crippen LogP contribution in [0.5, 0.6) is 0 Å². The zero-order valence-electron chi connectivity index (χ0n) is 14.1. The molecule has 1 unspecified atom stereocenters. The van der Waals surface area contributed by atoms with E-state index >= 15 is 0 Å². The first-order valence-electron chi connectivity index (χ1n) is 7.78. The van der Waals surface area contributed by atoms with Crippen LogP contribution in [0.25, 0.3) is 11.2 Å². The second-order valence-electron chi connectivity index (χ2n) is 5.52. The van der Waals surface area contributed by atoms with Crippen LogP contribution in [0, 0.1) is 0 Å². The predicted octanol–water partition coefficient (Wildman–Crippen LogP) is 1.88. The van der Waals surface area contributed by atoms with Gasteiger partial charge in [0, 0.05) is 43.6 Å². The highest BCUT2D eigenvalue weighted by Gasteiger charge is 2.12. The zero-order valence-corrected chi connectivity index (χ0v) is 14.1. The van der Waals surface area contributed by atoms with Crippen LogP contribution >= 0.6 is 0 Å². The molecule has 128 valence electrons. The summed E-state index contributed by atoms with van der Waals surface area (Å²) in [5, 5.41) is 3.30. The normalized spacial score (nSPS) is 13.4. The van der Waals surface area contributed by atoms with Crippen molar-refractivity contribution in [3.8, 4) is 0 Å². The first kappa shape index (κ1) is 16.4. The lowest BCUT2D eigenvalue weighted by atomic mass is 10.1. The molecule has 0 aliphatic rings. The number of nitrogens with two attached hydrogens (primary N) is 2. The van der Waals surface area contributed by atoms with Gasteiger partial charge in [0.15, 0.2) is 11.6 Å². The summed E-state index contributed by atoms with van der Waals surface area (Å²) in [4.78, 5) is 16.9. The van der Waals surface area contributed by atoms with E-state index in [1.165, 1.54) is 6.20 Å². The lowest BCUT2D eigenvalue weighted by Crippen LogP contribution is -2.12. The standard InChI is InChI=1S/C17H20N8/c1-11(12-3-4-15-21-5-6-25(15)10-12)23-17-16(19)22-9-14(24-17)13(7-18)8-20-2/h3-11H,18H2,1-2H3,(H2,19,22)(H,23,24). The Kier molecular flexibility index (Phi) is 4.60. The monoisotopic (exact) mass is 336 g/mol. The molecule has 3 aromatic rings. The number of pyridine rings is 1. The first-order valence-corrected chi connectivity index (χ1v) is 7.78. The number of aromatic nitrogens is 4. The van der Waals surface area contributed by atoms with Gasteiger partial charge in [0.25, 0.3) is 0 Å². The topological polar surface area (TPSA) is 120 Å². The van der Waals surface area contributed by atoms with Crippen LogP contribution in [0.15, 0.2) is 48.1 Å². The number of hydrogen-bond donors (Lipinski definition) is 3. The summed E-state index contributed by atoms with van der Waals surface area (Å²) < 4.78 is 1.96. The van der Waals surface area contributed by atoms with Crippen molar-refractivity contribution in [1.82, 2.24) is 19.4 Å². The molecule has 3 aromatic heterocycles. The molecule has 8 heteroatoms. The summed E-state index contributed by atoms with van der Waals surface area (Å²) >= 11 is 0. The van der Waals surface area contributed by atoms with Gasteiger partial charge < -0.3 is 21.2 Å². The van der Waals surface area contributed by atoms with Crippen LogP contribution in [0.3, 0.4) is 0 Å². The lowest BCUT2D eigenvalue weighted by Gasteiger charge is -2.17.